The zero-order chi connectivity index (χ0) is 21.1. The van der Waals surface area contributed by atoms with E-state index in [1.54, 1.807) is 18.7 Å². The molecule has 0 unspecified atom stereocenters. The topological polar surface area (TPSA) is 95.5 Å². The van der Waals surface area contributed by atoms with E-state index >= 15 is 0 Å². The van der Waals surface area contributed by atoms with Crippen molar-refractivity contribution in [1.29, 1.82) is 0 Å². The van der Waals surface area contributed by atoms with E-state index in [2.05, 4.69) is 23.8 Å². The summed E-state index contributed by atoms with van der Waals surface area (Å²) in [7, 11) is 0. The van der Waals surface area contributed by atoms with Crippen LogP contribution in [-0.2, 0) is 11.2 Å². The number of likely N-dealkylation sites (tertiary alicyclic amines) is 1. The molecule has 2 heterocycles. The number of nitrogens with one attached hydrogen (secondary N) is 1. The number of amides is 1. The number of aryl methyl sites for hydroxylation is 2. The quantitative estimate of drug-likeness (QED) is 0.803. The molecule has 2 atom stereocenters. The number of rotatable bonds is 5. The highest BCUT2D eigenvalue weighted by Gasteiger charge is 2.32. The Labute approximate surface area is 170 Å². The van der Waals surface area contributed by atoms with Crippen LogP contribution in [0.5, 0.6) is 5.75 Å². The zero-order valence-electron chi connectivity index (χ0n) is 17.4. The standard InChI is InChI=1S/C22H29N3O4/c1-13(2)16-6-5-7-17(10-16)29-20-12-25(9-8-19(20)26)21(27)11-18-14(3)23-15(4)24-22(18)28/h5-7,10,13,19-20,26H,8-9,11-12H2,1-4H3,(H,23,24,28)/t19-,20-/m1/s1. The smallest absolute Gasteiger partial charge is 0.254 e. The van der Waals surface area contributed by atoms with Gasteiger partial charge >= 0.3 is 0 Å². The first-order valence-corrected chi connectivity index (χ1v) is 10.0. The maximum Gasteiger partial charge on any atom is 0.254 e. The van der Waals surface area contributed by atoms with Crippen LogP contribution in [0.15, 0.2) is 29.1 Å². The van der Waals surface area contributed by atoms with Crippen molar-refractivity contribution in [3.8, 4) is 5.75 Å². The first-order chi connectivity index (χ1) is 13.7. The molecule has 1 aliphatic heterocycles. The lowest BCUT2D eigenvalue weighted by atomic mass is 10.0. The minimum Gasteiger partial charge on any atom is -0.486 e. The van der Waals surface area contributed by atoms with Crippen LogP contribution in [0.2, 0.25) is 0 Å². The van der Waals surface area contributed by atoms with Gasteiger partial charge in [-0.05, 0) is 43.9 Å². The largest absolute Gasteiger partial charge is 0.486 e. The number of aliphatic hydroxyl groups excluding tert-OH is 1. The molecule has 0 aliphatic carbocycles. The minimum atomic E-state index is -0.645. The molecule has 0 radical (unpaired) electrons. The highest BCUT2D eigenvalue weighted by molar-refractivity contribution is 5.79. The number of hydrogen-bond acceptors (Lipinski definition) is 5. The summed E-state index contributed by atoms with van der Waals surface area (Å²) < 4.78 is 6.03. The van der Waals surface area contributed by atoms with Crippen LogP contribution in [-0.4, -0.2) is 51.2 Å². The monoisotopic (exact) mass is 399 g/mol. The van der Waals surface area contributed by atoms with Crippen molar-refractivity contribution < 1.29 is 14.6 Å². The van der Waals surface area contributed by atoms with Crippen LogP contribution in [0.25, 0.3) is 0 Å². The summed E-state index contributed by atoms with van der Waals surface area (Å²) in [5.74, 6) is 1.42. The molecule has 1 aromatic heterocycles. The van der Waals surface area contributed by atoms with Crippen molar-refractivity contribution in [2.24, 2.45) is 0 Å². The predicted molar refractivity (Wildman–Crippen MR) is 110 cm³/mol. The lowest BCUT2D eigenvalue weighted by Crippen LogP contribution is -2.52. The van der Waals surface area contributed by atoms with E-state index in [4.69, 9.17) is 4.74 Å². The highest BCUT2D eigenvalue weighted by Crippen LogP contribution is 2.24. The maximum atomic E-state index is 12.8. The Bertz CT molecular complexity index is 938. The number of piperidine rings is 1. The third-order valence-corrected chi connectivity index (χ3v) is 5.36. The summed E-state index contributed by atoms with van der Waals surface area (Å²) >= 11 is 0. The average Bonchev–Trinajstić information content (AvgIpc) is 2.66. The number of carbonyl (C=O) groups excluding carboxylic acids is 1. The number of nitrogens with zero attached hydrogens (tertiary/aromatic N) is 2. The molecule has 156 valence electrons. The molecule has 7 heteroatoms. The minimum absolute atomic E-state index is 0.0138. The molecule has 3 rings (SSSR count). The second-order valence-electron chi connectivity index (χ2n) is 7.97. The molecule has 0 bridgehead atoms. The molecule has 0 spiro atoms. The molecule has 29 heavy (non-hydrogen) atoms. The van der Waals surface area contributed by atoms with Crippen molar-refractivity contribution in [2.75, 3.05) is 13.1 Å². The van der Waals surface area contributed by atoms with E-state index in [0.29, 0.717) is 41.7 Å². The highest BCUT2D eigenvalue weighted by atomic mass is 16.5. The third-order valence-electron chi connectivity index (χ3n) is 5.36. The Morgan fingerprint density at radius 1 is 1.38 bits per heavy atom. The van der Waals surface area contributed by atoms with Gasteiger partial charge in [-0.1, -0.05) is 26.0 Å². The van der Waals surface area contributed by atoms with Crippen LogP contribution in [0.4, 0.5) is 0 Å². The van der Waals surface area contributed by atoms with Gasteiger partial charge in [0, 0.05) is 17.8 Å². The third kappa shape index (κ3) is 5.03. The molecule has 1 amide bonds. The molecule has 7 nitrogen and oxygen atoms in total. The van der Waals surface area contributed by atoms with E-state index in [1.165, 1.54) is 0 Å². The van der Waals surface area contributed by atoms with Gasteiger partial charge in [0.1, 0.15) is 17.7 Å². The number of benzene rings is 1. The first kappa shape index (κ1) is 21.0. The van der Waals surface area contributed by atoms with Crippen molar-refractivity contribution in [3.05, 3.63) is 57.3 Å². The number of aromatic amines is 1. The zero-order valence-corrected chi connectivity index (χ0v) is 17.4. The Kier molecular flexibility index (Phi) is 6.37. The van der Waals surface area contributed by atoms with Gasteiger partial charge in [0.2, 0.25) is 5.91 Å². The predicted octanol–water partition coefficient (Wildman–Crippen LogP) is 2.09. The van der Waals surface area contributed by atoms with Crippen molar-refractivity contribution in [3.63, 3.8) is 0 Å². The van der Waals surface area contributed by atoms with Gasteiger partial charge in [0.25, 0.3) is 5.56 Å². The Morgan fingerprint density at radius 3 is 2.83 bits per heavy atom. The molecule has 0 saturated carbocycles. The van der Waals surface area contributed by atoms with E-state index in [9.17, 15) is 14.7 Å². The van der Waals surface area contributed by atoms with Crippen LogP contribution in [0.3, 0.4) is 0 Å². The molecular formula is C22H29N3O4. The summed E-state index contributed by atoms with van der Waals surface area (Å²) in [6, 6.07) is 7.81. The van der Waals surface area contributed by atoms with Gasteiger partial charge in [0.05, 0.1) is 19.1 Å². The molecule has 1 saturated heterocycles. The van der Waals surface area contributed by atoms with Crippen LogP contribution >= 0.6 is 0 Å². The second-order valence-corrected chi connectivity index (χ2v) is 7.97. The fourth-order valence-electron chi connectivity index (χ4n) is 3.59. The summed E-state index contributed by atoms with van der Waals surface area (Å²) in [6.07, 6.45) is -0.736. The van der Waals surface area contributed by atoms with E-state index < -0.39 is 12.2 Å². The van der Waals surface area contributed by atoms with E-state index in [0.717, 1.165) is 5.56 Å². The Morgan fingerprint density at radius 2 is 2.14 bits per heavy atom. The lowest BCUT2D eigenvalue weighted by Gasteiger charge is -2.36. The summed E-state index contributed by atoms with van der Waals surface area (Å²) in [5.41, 5.74) is 1.82. The van der Waals surface area contributed by atoms with E-state index in [1.807, 2.05) is 24.3 Å². The van der Waals surface area contributed by atoms with Crippen molar-refractivity contribution in [2.45, 2.75) is 58.7 Å². The number of ether oxygens (including phenoxy) is 1. The number of hydrogen-bond donors (Lipinski definition) is 2. The molecule has 1 aliphatic rings. The molecule has 2 aromatic rings. The molecule has 1 aromatic carbocycles. The fourth-order valence-corrected chi connectivity index (χ4v) is 3.59. The normalized spacial score (nSPS) is 19.4. The van der Waals surface area contributed by atoms with Gasteiger partial charge < -0.3 is 19.7 Å². The number of aliphatic hydroxyl groups is 1. The van der Waals surface area contributed by atoms with Crippen molar-refractivity contribution in [1.82, 2.24) is 14.9 Å². The molecular weight excluding hydrogens is 370 g/mol. The first-order valence-electron chi connectivity index (χ1n) is 10.0. The average molecular weight is 399 g/mol. The lowest BCUT2D eigenvalue weighted by molar-refractivity contribution is -0.136. The number of aromatic nitrogens is 2. The number of H-pyrrole nitrogens is 1. The molecule has 1 fully saturated rings. The number of carbonyl (C=O) groups is 1. The van der Waals surface area contributed by atoms with Crippen molar-refractivity contribution >= 4 is 5.91 Å². The Hall–Kier alpha value is -2.67. The van der Waals surface area contributed by atoms with Gasteiger partial charge in [-0.3, -0.25) is 9.59 Å². The maximum absolute atomic E-state index is 12.8. The SMILES string of the molecule is Cc1nc(C)c(CC(=O)N2CC[C@@H](O)[C@H](Oc3cccc(C(C)C)c3)C2)c(=O)[nH]1. The van der Waals surface area contributed by atoms with Gasteiger partial charge in [0.15, 0.2) is 0 Å². The summed E-state index contributed by atoms with van der Waals surface area (Å²) in [5, 5.41) is 10.4. The van der Waals surface area contributed by atoms with Crippen LogP contribution in [0, 0.1) is 13.8 Å². The second kappa shape index (κ2) is 8.78. The van der Waals surface area contributed by atoms with Crippen LogP contribution in [0.1, 0.15) is 48.8 Å². The summed E-state index contributed by atoms with van der Waals surface area (Å²) in [4.78, 5) is 33.6. The van der Waals surface area contributed by atoms with Gasteiger partial charge in [-0.25, -0.2) is 4.98 Å². The molecule has 2 N–H and O–H groups in total. The fraction of sp³-hybridized carbons (Fsp3) is 0.500. The van der Waals surface area contributed by atoms with E-state index in [-0.39, 0.29) is 24.4 Å². The summed E-state index contributed by atoms with van der Waals surface area (Å²) in [6.45, 7) is 8.38. The van der Waals surface area contributed by atoms with Gasteiger partial charge in [-0.2, -0.15) is 0 Å². The Balaban J connectivity index is 1.70. The van der Waals surface area contributed by atoms with Gasteiger partial charge in [-0.15, -0.1) is 0 Å². The van der Waals surface area contributed by atoms with Crippen LogP contribution < -0.4 is 10.3 Å².